The van der Waals surface area contributed by atoms with Gasteiger partial charge in [-0.3, -0.25) is 4.57 Å². The number of anilines is 1. The predicted octanol–water partition coefficient (Wildman–Crippen LogP) is 2.53. The van der Waals surface area contributed by atoms with Crippen molar-refractivity contribution in [1.29, 1.82) is 0 Å². The Labute approximate surface area is 107 Å². The maximum absolute atomic E-state index is 4.24. The summed E-state index contributed by atoms with van der Waals surface area (Å²) in [6.07, 6.45) is 3.51. The van der Waals surface area contributed by atoms with Gasteiger partial charge < -0.3 is 5.32 Å². The minimum absolute atomic E-state index is 0.805. The molecule has 4 heteroatoms. The summed E-state index contributed by atoms with van der Waals surface area (Å²) < 4.78 is 2.21. The van der Waals surface area contributed by atoms with Crippen molar-refractivity contribution in [2.75, 3.05) is 5.32 Å². The molecule has 1 aromatic heterocycles. The van der Waals surface area contributed by atoms with Crippen LogP contribution in [0.1, 0.15) is 29.8 Å². The summed E-state index contributed by atoms with van der Waals surface area (Å²) in [5.41, 5.74) is 2.57. The van der Waals surface area contributed by atoms with Gasteiger partial charge in [0.1, 0.15) is 5.82 Å². The van der Waals surface area contributed by atoms with Gasteiger partial charge in [-0.25, -0.2) is 0 Å². The fraction of sp³-hybridized carbons (Fsp3) is 0.429. The molecule has 0 bridgehead atoms. The van der Waals surface area contributed by atoms with Crippen molar-refractivity contribution in [3.63, 3.8) is 0 Å². The first-order valence-corrected chi connectivity index (χ1v) is 6.54. The molecule has 4 nitrogen and oxygen atoms in total. The molecule has 2 aromatic rings. The Morgan fingerprint density at radius 3 is 3.11 bits per heavy atom. The Bertz CT molecular complexity index is 544. The molecule has 0 saturated heterocycles. The molecule has 1 aliphatic heterocycles. The molecule has 0 atom stereocenters. The van der Waals surface area contributed by atoms with E-state index in [-0.39, 0.29) is 0 Å². The van der Waals surface area contributed by atoms with Gasteiger partial charge in [-0.15, -0.1) is 10.2 Å². The van der Waals surface area contributed by atoms with Gasteiger partial charge in [0.2, 0.25) is 5.95 Å². The zero-order valence-electron chi connectivity index (χ0n) is 10.7. The van der Waals surface area contributed by atoms with Gasteiger partial charge in [0.25, 0.3) is 0 Å². The van der Waals surface area contributed by atoms with Crippen molar-refractivity contribution in [1.82, 2.24) is 14.8 Å². The third-order valence-electron chi connectivity index (χ3n) is 3.39. The van der Waals surface area contributed by atoms with Crippen LogP contribution in [0, 0.1) is 6.92 Å². The highest BCUT2D eigenvalue weighted by molar-refractivity contribution is 5.30. The summed E-state index contributed by atoms with van der Waals surface area (Å²) in [5, 5.41) is 11.9. The third-order valence-corrected chi connectivity index (χ3v) is 3.39. The molecule has 0 fully saturated rings. The number of nitrogens with zero attached hydrogens (tertiary/aromatic N) is 3. The van der Waals surface area contributed by atoms with Crippen LogP contribution in [0.3, 0.4) is 0 Å². The van der Waals surface area contributed by atoms with Crippen molar-refractivity contribution in [2.45, 2.75) is 39.3 Å². The van der Waals surface area contributed by atoms with E-state index in [9.17, 15) is 0 Å². The first-order chi connectivity index (χ1) is 8.83. The summed E-state index contributed by atoms with van der Waals surface area (Å²) in [7, 11) is 0. The quantitative estimate of drug-likeness (QED) is 0.899. The first kappa shape index (κ1) is 11.3. The van der Waals surface area contributed by atoms with Crippen LogP contribution in [0.15, 0.2) is 24.3 Å². The minimum atomic E-state index is 0.805. The van der Waals surface area contributed by atoms with E-state index in [1.165, 1.54) is 24.0 Å². The topological polar surface area (TPSA) is 42.7 Å². The highest BCUT2D eigenvalue weighted by Gasteiger charge is 2.14. The summed E-state index contributed by atoms with van der Waals surface area (Å²) in [6, 6.07) is 8.53. The fourth-order valence-electron chi connectivity index (χ4n) is 2.44. The Kier molecular flexibility index (Phi) is 3.00. The average molecular weight is 242 g/mol. The van der Waals surface area contributed by atoms with E-state index >= 15 is 0 Å². The van der Waals surface area contributed by atoms with Crippen LogP contribution < -0.4 is 5.32 Å². The second-order valence-corrected chi connectivity index (χ2v) is 4.89. The minimum Gasteiger partial charge on any atom is -0.350 e. The standard InChI is InChI=1S/C14H18N4/c1-11-5-4-6-12(9-11)10-15-14-17-16-13-7-2-3-8-18(13)14/h4-6,9H,2-3,7-8,10H2,1H3,(H,15,17). The van der Waals surface area contributed by atoms with Crippen LogP contribution >= 0.6 is 0 Å². The molecule has 0 amide bonds. The summed E-state index contributed by atoms with van der Waals surface area (Å²) in [5.74, 6) is 2.03. The molecule has 0 unspecified atom stereocenters. The normalized spacial score (nSPS) is 14.3. The Balaban J connectivity index is 1.72. The lowest BCUT2D eigenvalue weighted by Gasteiger charge is -2.15. The van der Waals surface area contributed by atoms with E-state index in [4.69, 9.17) is 0 Å². The summed E-state index contributed by atoms with van der Waals surface area (Å²) in [6.45, 7) is 3.96. The average Bonchev–Trinajstić information content (AvgIpc) is 2.80. The molecular formula is C14H18N4. The van der Waals surface area contributed by atoms with Gasteiger partial charge in [0, 0.05) is 19.5 Å². The van der Waals surface area contributed by atoms with Crippen molar-refractivity contribution in [3.8, 4) is 0 Å². The number of rotatable bonds is 3. The number of hydrogen-bond donors (Lipinski definition) is 1. The van der Waals surface area contributed by atoms with Gasteiger partial charge in [-0.1, -0.05) is 29.8 Å². The molecule has 0 aliphatic carbocycles. The maximum Gasteiger partial charge on any atom is 0.224 e. The Hall–Kier alpha value is -1.84. The van der Waals surface area contributed by atoms with Gasteiger partial charge >= 0.3 is 0 Å². The largest absolute Gasteiger partial charge is 0.350 e. The highest BCUT2D eigenvalue weighted by Crippen LogP contribution is 2.17. The second-order valence-electron chi connectivity index (χ2n) is 4.89. The van der Waals surface area contributed by atoms with Crippen LogP contribution in [0.2, 0.25) is 0 Å². The molecule has 3 rings (SSSR count). The molecule has 94 valence electrons. The van der Waals surface area contributed by atoms with Crippen molar-refractivity contribution in [3.05, 3.63) is 41.2 Å². The highest BCUT2D eigenvalue weighted by atomic mass is 15.3. The van der Waals surface area contributed by atoms with E-state index in [1.807, 2.05) is 0 Å². The third kappa shape index (κ3) is 2.23. The van der Waals surface area contributed by atoms with Crippen LogP contribution in [-0.4, -0.2) is 14.8 Å². The zero-order valence-corrected chi connectivity index (χ0v) is 10.7. The Morgan fingerprint density at radius 2 is 2.22 bits per heavy atom. The maximum atomic E-state index is 4.24. The number of aromatic nitrogens is 3. The van der Waals surface area contributed by atoms with E-state index in [0.29, 0.717) is 0 Å². The van der Waals surface area contributed by atoms with Crippen molar-refractivity contribution in [2.24, 2.45) is 0 Å². The molecule has 0 radical (unpaired) electrons. The van der Waals surface area contributed by atoms with Crippen molar-refractivity contribution >= 4 is 5.95 Å². The zero-order chi connectivity index (χ0) is 12.4. The SMILES string of the molecule is Cc1cccc(CNc2nnc3n2CCCC3)c1. The smallest absolute Gasteiger partial charge is 0.224 e. The molecule has 0 saturated carbocycles. The van der Waals surface area contributed by atoms with Crippen LogP contribution in [0.25, 0.3) is 0 Å². The number of benzene rings is 1. The lowest BCUT2D eigenvalue weighted by Crippen LogP contribution is -2.14. The number of aryl methyl sites for hydroxylation is 2. The van der Waals surface area contributed by atoms with Crippen LogP contribution in [0.5, 0.6) is 0 Å². The predicted molar refractivity (Wildman–Crippen MR) is 71.5 cm³/mol. The molecule has 18 heavy (non-hydrogen) atoms. The van der Waals surface area contributed by atoms with E-state index in [2.05, 4.69) is 51.3 Å². The van der Waals surface area contributed by atoms with Gasteiger partial charge in [0.05, 0.1) is 0 Å². The Morgan fingerprint density at radius 1 is 1.28 bits per heavy atom. The van der Waals surface area contributed by atoms with E-state index in [1.54, 1.807) is 0 Å². The first-order valence-electron chi connectivity index (χ1n) is 6.54. The number of nitrogens with one attached hydrogen (secondary N) is 1. The van der Waals surface area contributed by atoms with E-state index < -0.39 is 0 Å². The molecule has 1 N–H and O–H groups in total. The lowest BCUT2D eigenvalue weighted by molar-refractivity contribution is 0.525. The molecule has 1 aliphatic rings. The lowest BCUT2D eigenvalue weighted by atomic mass is 10.1. The number of hydrogen-bond acceptors (Lipinski definition) is 3. The summed E-state index contributed by atoms with van der Waals surface area (Å²) in [4.78, 5) is 0. The van der Waals surface area contributed by atoms with Gasteiger partial charge in [-0.2, -0.15) is 0 Å². The molecule has 1 aromatic carbocycles. The molecule has 0 spiro atoms. The van der Waals surface area contributed by atoms with Crippen LogP contribution in [0.4, 0.5) is 5.95 Å². The number of fused-ring (bicyclic) bond motifs is 1. The van der Waals surface area contributed by atoms with Gasteiger partial charge in [0.15, 0.2) is 0 Å². The monoisotopic (exact) mass is 242 g/mol. The van der Waals surface area contributed by atoms with E-state index in [0.717, 1.165) is 31.3 Å². The van der Waals surface area contributed by atoms with Crippen LogP contribution in [-0.2, 0) is 19.5 Å². The molecular weight excluding hydrogens is 224 g/mol. The van der Waals surface area contributed by atoms with Crippen molar-refractivity contribution < 1.29 is 0 Å². The fourth-order valence-corrected chi connectivity index (χ4v) is 2.44. The van der Waals surface area contributed by atoms with Gasteiger partial charge in [-0.05, 0) is 25.3 Å². The molecule has 2 heterocycles. The summed E-state index contributed by atoms with van der Waals surface area (Å²) >= 11 is 0. The second kappa shape index (κ2) is 4.80.